The molecule has 0 saturated heterocycles. The normalized spacial score (nSPS) is 22.3. The molecule has 6 nitrogen and oxygen atoms in total. The molecular formula is C13H18N4O2. The van der Waals surface area contributed by atoms with Crippen molar-refractivity contribution in [1.29, 1.82) is 0 Å². The Labute approximate surface area is 111 Å². The molecule has 0 radical (unpaired) electrons. The van der Waals surface area contributed by atoms with Gasteiger partial charge in [0.1, 0.15) is 5.69 Å². The van der Waals surface area contributed by atoms with Crippen molar-refractivity contribution in [3.63, 3.8) is 0 Å². The summed E-state index contributed by atoms with van der Waals surface area (Å²) in [6.07, 6.45) is 1.62. The maximum atomic E-state index is 12.1. The number of amides is 2. The molecule has 0 aromatic carbocycles. The smallest absolute Gasteiger partial charge is 0.269 e. The Morgan fingerprint density at radius 1 is 1.47 bits per heavy atom. The van der Waals surface area contributed by atoms with Crippen LogP contribution in [-0.4, -0.2) is 39.1 Å². The molecule has 0 bridgehead atoms. The van der Waals surface area contributed by atoms with Crippen LogP contribution < -0.4 is 5.32 Å². The van der Waals surface area contributed by atoms with Gasteiger partial charge in [0.05, 0.1) is 12.2 Å². The Bertz CT molecular complexity index is 549. The average molecular weight is 262 g/mol. The molecule has 1 aromatic heterocycles. The largest absolute Gasteiger partial charge is 0.351 e. The van der Waals surface area contributed by atoms with Crippen LogP contribution in [-0.2, 0) is 24.3 Å². The van der Waals surface area contributed by atoms with E-state index in [1.165, 1.54) is 0 Å². The predicted octanol–water partition coefficient (Wildman–Crippen LogP) is 0.310. The van der Waals surface area contributed by atoms with Gasteiger partial charge in [0.15, 0.2) is 0 Å². The molecule has 19 heavy (non-hydrogen) atoms. The van der Waals surface area contributed by atoms with Crippen LogP contribution >= 0.6 is 0 Å². The van der Waals surface area contributed by atoms with E-state index in [1.54, 1.807) is 6.92 Å². The summed E-state index contributed by atoms with van der Waals surface area (Å²) in [6.45, 7) is 5.53. The summed E-state index contributed by atoms with van der Waals surface area (Å²) in [5, 5.41) is 7.45. The third kappa shape index (κ3) is 1.91. The summed E-state index contributed by atoms with van der Waals surface area (Å²) in [4.78, 5) is 25.6. The van der Waals surface area contributed by atoms with Crippen molar-refractivity contribution in [3.8, 4) is 0 Å². The van der Waals surface area contributed by atoms with E-state index in [1.807, 2.05) is 16.5 Å². The molecule has 102 valence electrons. The van der Waals surface area contributed by atoms with Gasteiger partial charge >= 0.3 is 0 Å². The van der Waals surface area contributed by atoms with E-state index >= 15 is 0 Å². The van der Waals surface area contributed by atoms with E-state index in [9.17, 15) is 9.59 Å². The van der Waals surface area contributed by atoms with Gasteiger partial charge in [-0.25, -0.2) is 0 Å². The topological polar surface area (TPSA) is 67.2 Å². The van der Waals surface area contributed by atoms with E-state index < -0.39 is 0 Å². The van der Waals surface area contributed by atoms with Crippen LogP contribution in [0.1, 0.15) is 42.0 Å². The molecular weight excluding hydrogens is 244 g/mol. The zero-order valence-electron chi connectivity index (χ0n) is 11.3. The highest BCUT2D eigenvalue weighted by molar-refractivity contribution is 5.94. The van der Waals surface area contributed by atoms with Crippen LogP contribution in [0.25, 0.3) is 0 Å². The highest BCUT2D eigenvalue weighted by Gasteiger charge is 2.33. The number of carbonyl (C=O) groups is 2. The lowest BCUT2D eigenvalue weighted by molar-refractivity contribution is -0.131. The first-order chi connectivity index (χ1) is 9.08. The SMILES string of the molecule is CC(=O)N1Cc2c(nn3c2C(=O)NCCC3)CC1C. The zero-order valence-corrected chi connectivity index (χ0v) is 11.3. The number of nitrogens with zero attached hydrogens (tertiary/aromatic N) is 3. The van der Waals surface area contributed by atoms with Gasteiger partial charge in [0.25, 0.3) is 5.91 Å². The van der Waals surface area contributed by atoms with E-state index in [-0.39, 0.29) is 17.9 Å². The Kier molecular flexibility index (Phi) is 2.80. The van der Waals surface area contributed by atoms with Crippen LogP contribution in [0.15, 0.2) is 0 Å². The Hall–Kier alpha value is -1.85. The highest BCUT2D eigenvalue weighted by Crippen LogP contribution is 2.26. The second kappa shape index (κ2) is 4.36. The molecule has 0 spiro atoms. The second-order valence-corrected chi connectivity index (χ2v) is 5.31. The van der Waals surface area contributed by atoms with Gasteiger partial charge in [-0.05, 0) is 13.3 Å². The number of carbonyl (C=O) groups excluding carboxylic acids is 2. The predicted molar refractivity (Wildman–Crippen MR) is 68.6 cm³/mol. The van der Waals surface area contributed by atoms with Crippen molar-refractivity contribution in [1.82, 2.24) is 20.0 Å². The molecule has 2 aliphatic rings. The van der Waals surface area contributed by atoms with E-state index in [2.05, 4.69) is 10.4 Å². The number of hydrogen-bond donors (Lipinski definition) is 1. The maximum absolute atomic E-state index is 12.1. The number of fused-ring (bicyclic) bond motifs is 3. The lowest BCUT2D eigenvalue weighted by Crippen LogP contribution is -2.41. The monoisotopic (exact) mass is 262 g/mol. The summed E-state index contributed by atoms with van der Waals surface area (Å²) in [7, 11) is 0. The summed E-state index contributed by atoms with van der Waals surface area (Å²) >= 11 is 0. The molecule has 0 aliphatic carbocycles. The summed E-state index contributed by atoms with van der Waals surface area (Å²) < 4.78 is 1.81. The zero-order chi connectivity index (χ0) is 13.6. The van der Waals surface area contributed by atoms with Gasteiger partial charge in [-0.15, -0.1) is 0 Å². The molecule has 0 saturated carbocycles. The fourth-order valence-corrected chi connectivity index (χ4v) is 2.95. The van der Waals surface area contributed by atoms with Crippen LogP contribution in [0, 0.1) is 0 Å². The molecule has 0 fully saturated rings. The minimum absolute atomic E-state index is 0.0483. The van der Waals surface area contributed by atoms with Gasteiger partial charge in [0, 0.05) is 38.0 Å². The van der Waals surface area contributed by atoms with E-state index in [0.29, 0.717) is 18.8 Å². The van der Waals surface area contributed by atoms with Crippen molar-refractivity contribution in [3.05, 3.63) is 17.0 Å². The number of aryl methyl sites for hydroxylation is 1. The van der Waals surface area contributed by atoms with Gasteiger partial charge in [-0.3, -0.25) is 14.3 Å². The van der Waals surface area contributed by atoms with Crippen LogP contribution in [0.2, 0.25) is 0 Å². The number of hydrogen-bond acceptors (Lipinski definition) is 3. The molecule has 1 atom stereocenters. The van der Waals surface area contributed by atoms with E-state index in [0.717, 1.165) is 30.6 Å². The van der Waals surface area contributed by atoms with Crippen LogP contribution in [0.5, 0.6) is 0 Å². The summed E-state index contributed by atoms with van der Waals surface area (Å²) in [6, 6.07) is 0.146. The number of rotatable bonds is 0. The standard InChI is InChI=1S/C13H18N4O2/c1-8-6-11-10(7-16(8)9(2)18)12-13(19)14-4-3-5-17(12)15-11/h8H,3-7H2,1-2H3,(H,14,19). The second-order valence-electron chi connectivity index (χ2n) is 5.31. The Balaban J connectivity index is 2.05. The van der Waals surface area contributed by atoms with Crippen molar-refractivity contribution in [2.75, 3.05) is 6.54 Å². The first kappa shape index (κ1) is 12.2. The minimum Gasteiger partial charge on any atom is -0.351 e. The highest BCUT2D eigenvalue weighted by atomic mass is 16.2. The van der Waals surface area contributed by atoms with Crippen LogP contribution in [0.4, 0.5) is 0 Å². The lowest BCUT2D eigenvalue weighted by Gasteiger charge is -2.32. The minimum atomic E-state index is -0.0655. The molecule has 1 unspecified atom stereocenters. The Morgan fingerprint density at radius 2 is 2.26 bits per heavy atom. The number of aromatic nitrogens is 2. The molecule has 1 aromatic rings. The third-order valence-electron chi connectivity index (χ3n) is 3.93. The Morgan fingerprint density at radius 3 is 3.00 bits per heavy atom. The lowest BCUT2D eigenvalue weighted by atomic mass is 9.99. The van der Waals surface area contributed by atoms with Crippen LogP contribution in [0.3, 0.4) is 0 Å². The molecule has 2 amide bonds. The summed E-state index contributed by atoms with van der Waals surface area (Å²) in [5.74, 6) is -0.0172. The fraction of sp³-hybridized carbons (Fsp3) is 0.615. The fourth-order valence-electron chi connectivity index (χ4n) is 2.95. The van der Waals surface area contributed by atoms with Gasteiger partial charge in [-0.2, -0.15) is 5.10 Å². The average Bonchev–Trinajstić information content (AvgIpc) is 2.60. The van der Waals surface area contributed by atoms with Crippen molar-refractivity contribution >= 4 is 11.8 Å². The van der Waals surface area contributed by atoms with Gasteiger partial charge < -0.3 is 10.2 Å². The first-order valence-corrected chi connectivity index (χ1v) is 6.72. The number of nitrogens with one attached hydrogen (secondary N) is 1. The first-order valence-electron chi connectivity index (χ1n) is 6.72. The third-order valence-corrected chi connectivity index (χ3v) is 3.93. The van der Waals surface area contributed by atoms with Crippen molar-refractivity contribution in [2.45, 2.75) is 45.8 Å². The molecule has 3 rings (SSSR count). The molecule has 3 heterocycles. The molecule has 2 aliphatic heterocycles. The van der Waals surface area contributed by atoms with Crippen molar-refractivity contribution in [2.24, 2.45) is 0 Å². The maximum Gasteiger partial charge on any atom is 0.269 e. The summed E-state index contributed by atoms with van der Waals surface area (Å²) in [5.41, 5.74) is 2.54. The molecule has 1 N–H and O–H groups in total. The van der Waals surface area contributed by atoms with E-state index in [4.69, 9.17) is 0 Å². The molecule has 6 heteroatoms. The van der Waals surface area contributed by atoms with Gasteiger partial charge in [-0.1, -0.05) is 0 Å². The van der Waals surface area contributed by atoms with Gasteiger partial charge in [0.2, 0.25) is 5.91 Å². The van der Waals surface area contributed by atoms with Crippen molar-refractivity contribution < 1.29 is 9.59 Å². The quantitative estimate of drug-likeness (QED) is 0.731.